The normalized spacial score (nSPS) is 23.5. The molecule has 2 aliphatic heterocycles. The summed E-state index contributed by atoms with van der Waals surface area (Å²) >= 11 is 11.6. The minimum atomic E-state index is -3.22. The van der Waals surface area contributed by atoms with Gasteiger partial charge in [0, 0.05) is 28.5 Å². The number of anilines is 2. The lowest BCUT2D eigenvalue weighted by molar-refractivity contribution is -0.384. The number of nitrogens with zero attached hydrogens (tertiary/aromatic N) is 3. The van der Waals surface area contributed by atoms with Crippen molar-refractivity contribution < 1.29 is 13.3 Å². The summed E-state index contributed by atoms with van der Waals surface area (Å²) in [4.78, 5) is 14.0. The van der Waals surface area contributed by atoms with Crippen LogP contribution in [0, 0.1) is 10.1 Å². The van der Waals surface area contributed by atoms with Crippen molar-refractivity contribution in [3.05, 3.63) is 63.7 Å². The molecule has 2 aliphatic rings. The van der Waals surface area contributed by atoms with Crippen molar-refractivity contribution in [2.45, 2.75) is 12.1 Å². The molecule has 27 heavy (non-hydrogen) atoms. The third-order valence-electron chi connectivity index (χ3n) is 4.81. The van der Waals surface area contributed by atoms with Gasteiger partial charge >= 0.3 is 0 Å². The van der Waals surface area contributed by atoms with E-state index in [0.717, 1.165) is 5.69 Å². The summed E-state index contributed by atoms with van der Waals surface area (Å²) in [6.45, 7) is 0. The van der Waals surface area contributed by atoms with Gasteiger partial charge in [-0.3, -0.25) is 10.1 Å². The van der Waals surface area contributed by atoms with Crippen molar-refractivity contribution in [3.63, 3.8) is 0 Å². The van der Waals surface area contributed by atoms with Gasteiger partial charge in [-0.2, -0.15) is 0 Å². The van der Waals surface area contributed by atoms with Gasteiger partial charge in [-0.15, -0.1) is 0 Å². The third kappa shape index (κ3) is 3.15. The Morgan fingerprint density at radius 3 is 1.85 bits per heavy atom. The van der Waals surface area contributed by atoms with E-state index in [1.54, 1.807) is 41.3 Å². The number of nitro benzene ring substituents is 1. The second kappa shape index (κ2) is 6.43. The third-order valence-corrected chi connectivity index (χ3v) is 7.16. The van der Waals surface area contributed by atoms with Crippen molar-refractivity contribution in [2.75, 3.05) is 21.3 Å². The minimum absolute atomic E-state index is 0.00388. The molecule has 2 saturated heterocycles. The Bertz CT molecular complexity index is 1030. The van der Waals surface area contributed by atoms with Gasteiger partial charge < -0.3 is 9.80 Å². The molecule has 140 valence electrons. The largest absolute Gasteiger partial charge is 0.312 e. The molecule has 0 amide bonds. The summed E-state index contributed by atoms with van der Waals surface area (Å²) in [6.07, 6.45) is 0. The number of thiocarbonyl (C=S) groups is 1. The first-order valence-electron chi connectivity index (χ1n) is 8.10. The van der Waals surface area contributed by atoms with Crippen LogP contribution in [0.3, 0.4) is 0 Å². The fourth-order valence-corrected chi connectivity index (χ4v) is 6.17. The van der Waals surface area contributed by atoms with Gasteiger partial charge in [-0.1, -0.05) is 11.6 Å². The van der Waals surface area contributed by atoms with Crippen LogP contribution in [-0.2, 0) is 9.84 Å². The molecule has 10 heteroatoms. The average Bonchev–Trinajstić information content (AvgIpc) is 3.05. The Hall–Kier alpha value is -2.23. The molecule has 0 bridgehead atoms. The van der Waals surface area contributed by atoms with E-state index in [4.69, 9.17) is 23.8 Å². The van der Waals surface area contributed by atoms with Crippen LogP contribution in [0.15, 0.2) is 48.5 Å². The van der Waals surface area contributed by atoms with Crippen LogP contribution in [0.4, 0.5) is 17.1 Å². The van der Waals surface area contributed by atoms with E-state index < -0.39 is 14.8 Å². The summed E-state index contributed by atoms with van der Waals surface area (Å²) in [6, 6.07) is 12.4. The van der Waals surface area contributed by atoms with E-state index in [1.165, 1.54) is 12.1 Å². The fraction of sp³-hybridized carbons (Fsp3) is 0.235. The van der Waals surface area contributed by atoms with E-state index in [1.807, 2.05) is 4.90 Å². The van der Waals surface area contributed by atoms with Gasteiger partial charge in [0.05, 0.1) is 28.5 Å². The highest BCUT2D eigenvalue weighted by Crippen LogP contribution is 2.38. The number of rotatable bonds is 3. The summed E-state index contributed by atoms with van der Waals surface area (Å²) < 4.78 is 24.6. The van der Waals surface area contributed by atoms with E-state index >= 15 is 0 Å². The number of hydrogen-bond acceptors (Lipinski definition) is 5. The van der Waals surface area contributed by atoms with Crippen LogP contribution in [0.25, 0.3) is 0 Å². The fourth-order valence-electron chi connectivity index (χ4n) is 3.64. The lowest BCUT2D eigenvalue weighted by atomic mass is 10.1. The highest BCUT2D eigenvalue weighted by atomic mass is 35.5. The van der Waals surface area contributed by atoms with Gasteiger partial charge in [0.2, 0.25) is 0 Å². The van der Waals surface area contributed by atoms with Crippen molar-refractivity contribution in [3.8, 4) is 0 Å². The first kappa shape index (κ1) is 18.1. The zero-order valence-electron chi connectivity index (χ0n) is 13.9. The summed E-state index contributed by atoms with van der Waals surface area (Å²) in [5.41, 5.74) is 1.36. The Morgan fingerprint density at radius 1 is 0.963 bits per heavy atom. The van der Waals surface area contributed by atoms with Crippen LogP contribution >= 0.6 is 23.8 Å². The molecule has 2 heterocycles. The Labute approximate surface area is 166 Å². The standard InChI is InChI=1S/C17H14ClN3O4S2/c18-11-1-3-12(4-2-11)19-15-9-27(24,25)10-16(15)20(17(19)26)13-5-7-14(8-6-13)21(22)23/h1-8,15-16H,9-10H2. The Morgan fingerprint density at radius 2 is 1.41 bits per heavy atom. The maximum atomic E-state index is 12.3. The number of hydrogen-bond donors (Lipinski definition) is 0. The molecule has 2 aromatic carbocycles. The summed E-state index contributed by atoms with van der Waals surface area (Å²) in [5.74, 6) is -0.0111. The van der Waals surface area contributed by atoms with E-state index in [0.29, 0.717) is 15.8 Å². The van der Waals surface area contributed by atoms with Crippen molar-refractivity contribution >= 4 is 55.8 Å². The van der Waals surface area contributed by atoms with Gasteiger partial charge in [0.25, 0.3) is 5.69 Å². The van der Waals surface area contributed by atoms with Crippen LogP contribution in [0.5, 0.6) is 0 Å². The second-order valence-electron chi connectivity index (χ2n) is 6.48. The molecule has 0 saturated carbocycles. The quantitative estimate of drug-likeness (QED) is 0.426. The number of non-ortho nitro benzene ring substituents is 1. The van der Waals surface area contributed by atoms with Crippen LogP contribution in [0.2, 0.25) is 5.02 Å². The Kier molecular flexibility index (Phi) is 4.32. The number of sulfone groups is 1. The monoisotopic (exact) mass is 423 g/mol. The molecule has 7 nitrogen and oxygen atoms in total. The predicted octanol–water partition coefficient (Wildman–Crippen LogP) is 3.03. The van der Waals surface area contributed by atoms with Crippen molar-refractivity contribution in [2.24, 2.45) is 0 Å². The van der Waals surface area contributed by atoms with Gasteiger partial charge in [0.1, 0.15) is 0 Å². The predicted molar refractivity (Wildman–Crippen MR) is 108 cm³/mol. The maximum absolute atomic E-state index is 12.3. The number of benzene rings is 2. The van der Waals surface area contributed by atoms with Gasteiger partial charge in [-0.05, 0) is 48.6 Å². The lowest BCUT2D eigenvalue weighted by Crippen LogP contribution is -2.37. The van der Waals surface area contributed by atoms with E-state index in [-0.39, 0.29) is 29.3 Å². The maximum Gasteiger partial charge on any atom is 0.269 e. The van der Waals surface area contributed by atoms with Crippen LogP contribution in [-0.4, -0.2) is 42.0 Å². The van der Waals surface area contributed by atoms with Crippen LogP contribution in [0.1, 0.15) is 0 Å². The second-order valence-corrected chi connectivity index (χ2v) is 9.44. The topological polar surface area (TPSA) is 83.8 Å². The molecule has 0 radical (unpaired) electrons. The number of nitro groups is 1. The zero-order chi connectivity index (χ0) is 19.3. The molecular formula is C17H14ClN3O4S2. The molecule has 0 aliphatic carbocycles. The lowest BCUT2D eigenvalue weighted by Gasteiger charge is -2.25. The SMILES string of the molecule is O=[N+]([O-])c1ccc(N2C(=S)N(c3ccc(Cl)cc3)C3CS(=O)(=O)CC32)cc1. The zero-order valence-corrected chi connectivity index (χ0v) is 16.2. The molecule has 4 rings (SSSR count). The van der Waals surface area contributed by atoms with Gasteiger partial charge in [0.15, 0.2) is 14.9 Å². The highest BCUT2D eigenvalue weighted by molar-refractivity contribution is 7.91. The highest BCUT2D eigenvalue weighted by Gasteiger charge is 2.52. The molecule has 2 aromatic rings. The summed E-state index contributed by atoms with van der Waals surface area (Å²) in [7, 11) is -3.22. The molecule has 0 aromatic heterocycles. The van der Waals surface area contributed by atoms with E-state index in [9.17, 15) is 18.5 Å². The van der Waals surface area contributed by atoms with Gasteiger partial charge in [-0.25, -0.2) is 8.42 Å². The van der Waals surface area contributed by atoms with E-state index in [2.05, 4.69) is 0 Å². The molecule has 0 spiro atoms. The average molecular weight is 424 g/mol. The van der Waals surface area contributed by atoms with Crippen molar-refractivity contribution in [1.29, 1.82) is 0 Å². The number of fused-ring (bicyclic) bond motifs is 1. The summed E-state index contributed by atoms with van der Waals surface area (Å²) in [5, 5.41) is 11.9. The molecule has 2 fully saturated rings. The molecular weight excluding hydrogens is 410 g/mol. The van der Waals surface area contributed by atoms with Crippen molar-refractivity contribution in [1.82, 2.24) is 0 Å². The van der Waals surface area contributed by atoms with Crippen LogP contribution < -0.4 is 9.80 Å². The first-order valence-corrected chi connectivity index (χ1v) is 10.7. The molecule has 0 N–H and O–H groups in total. The number of halogens is 1. The minimum Gasteiger partial charge on any atom is -0.312 e. The smallest absolute Gasteiger partial charge is 0.269 e. The molecule has 2 atom stereocenters. The molecule has 2 unspecified atom stereocenters. The first-order chi connectivity index (χ1) is 12.8. The Balaban J connectivity index is 1.76.